The number of hydrogen-bond acceptors (Lipinski definition) is 4. The summed E-state index contributed by atoms with van der Waals surface area (Å²) in [5.74, 6) is 0.822. The van der Waals surface area contributed by atoms with Gasteiger partial charge in [0.25, 0.3) is 0 Å². The Bertz CT molecular complexity index is 583. The van der Waals surface area contributed by atoms with Gasteiger partial charge in [0, 0.05) is 0 Å². The first-order chi connectivity index (χ1) is 13.2. The van der Waals surface area contributed by atoms with Gasteiger partial charge in [0.2, 0.25) is 0 Å². The van der Waals surface area contributed by atoms with Gasteiger partial charge < -0.3 is 14.6 Å². The third kappa shape index (κ3) is 16.0. The standard InChI is InChI=1S/C18H30O3S.C4H11NO/c1-16(2)10-8-6-4-3-5-7-9-11-17-12-14-18(15-13-17)22(19,20)21;1-5(2)3-4-6/h12-16H,3-11H2,1-2H3,(H,19,20,21);6H,3-4H2,1-2H3. The predicted octanol–water partition coefficient (Wildman–Crippen LogP) is 3.03. The van der Waals surface area contributed by atoms with E-state index >= 15 is 0 Å². The topological polar surface area (TPSA) is 81.9 Å². The van der Waals surface area contributed by atoms with E-state index in [-0.39, 0.29) is 4.90 Å². The predicted molar refractivity (Wildman–Crippen MR) is 115 cm³/mol. The summed E-state index contributed by atoms with van der Waals surface area (Å²) in [7, 11) is -0.295. The van der Waals surface area contributed by atoms with Crippen LogP contribution >= 0.6 is 0 Å². The molecule has 0 heterocycles. The zero-order chi connectivity index (χ0) is 21.4. The molecule has 0 atom stereocenters. The van der Waals surface area contributed by atoms with Crippen LogP contribution in [0.2, 0.25) is 0 Å². The number of nitrogens with one attached hydrogen (secondary N) is 1. The molecule has 164 valence electrons. The van der Waals surface area contributed by atoms with E-state index in [1.165, 1.54) is 62.0 Å². The normalized spacial score (nSPS) is 11.6. The number of unbranched alkanes of at least 4 members (excludes halogenated alkanes) is 6. The van der Waals surface area contributed by atoms with Crippen molar-refractivity contribution < 1.29 is 23.0 Å². The maximum Gasteiger partial charge on any atom is 0.124 e. The number of aliphatic hydroxyl groups excluding tert-OH is 1. The molecule has 0 aliphatic heterocycles. The Morgan fingerprint density at radius 1 is 0.929 bits per heavy atom. The van der Waals surface area contributed by atoms with Gasteiger partial charge >= 0.3 is 0 Å². The zero-order valence-corrected chi connectivity index (χ0v) is 19.1. The van der Waals surface area contributed by atoms with Crippen LogP contribution in [0.15, 0.2) is 29.2 Å². The molecule has 0 bridgehead atoms. The Labute approximate surface area is 172 Å². The Balaban J connectivity index is 0.00000105. The SMILES string of the molecule is CC(C)CCCCCCCCCc1ccc(S(=O)(=O)[O-])cc1.C[NH+](C)CCO. The summed E-state index contributed by atoms with van der Waals surface area (Å²) in [4.78, 5) is 1.15. The largest absolute Gasteiger partial charge is 0.744 e. The maximum absolute atomic E-state index is 10.8. The fourth-order valence-corrected chi connectivity index (χ4v) is 3.28. The number of likely N-dealkylation sites (N-methyl/N-ethyl adjacent to an activating group) is 1. The highest BCUT2D eigenvalue weighted by Gasteiger charge is 2.01. The van der Waals surface area contributed by atoms with Crippen molar-refractivity contribution in [1.82, 2.24) is 0 Å². The number of quaternary nitrogens is 1. The molecule has 0 saturated carbocycles. The Morgan fingerprint density at radius 2 is 1.43 bits per heavy atom. The summed E-state index contributed by atoms with van der Waals surface area (Å²) in [5.41, 5.74) is 1.10. The molecule has 6 heteroatoms. The smallest absolute Gasteiger partial charge is 0.124 e. The number of hydrogen-bond donors (Lipinski definition) is 2. The van der Waals surface area contributed by atoms with Gasteiger partial charge in [-0.2, -0.15) is 0 Å². The molecule has 0 aliphatic carbocycles. The molecule has 0 fully saturated rings. The van der Waals surface area contributed by atoms with Crippen LogP contribution in [0, 0.1) is 5.92 Å². The molecule has 1 aromatic carbocycles. The second-order valence-corrected chi connectivity index (χ2v) is 9.57. The quantitative estimate of drug-likeness (QED) is 0.383. The number of aryl methyl sites for hydroxylation is 1. The minimum Gasteiger partial charge on any atom is -0.744 e. The lowest BCUT2D eigenvalue weighted by atomic mass is 10.0. The van der Waals surface area contributed by atoms with Crippen LogP contribution in [-0.4, -0.2) is 45.3 Å². The van der Waals surface area contributed by atoms with Crippen molar-refractivity contribution in [2.45, 2.75) is 76.5 Å². The summed E-state index contributed by atoms with van der Waals surface area (Å²) in [6.07, 6.45) is 11.3. The average molecular weight is 416 g/mol. The van der Waals surface area contributed by atoms with Crippen molar-refractivity contribution in [3.05, 3.63) is 29.8 Å². The van der Waals surface area contributed by atoms with Gasteiger partial charge in [-0.1, -0.05) is 70.9 Å². The van der Waals surface area contributed by atoms with Crippen LogP contribution in [0.5, 0.6) is 0 Å². The number of benzene rings is 1. The van der Waals surface area contributed by atoms with Gasteiger partial charge in [0.1, 0.15) is 16.7 Å². The molecule has 0 spiro atoms. The molecule has 0 aliphatic rings. The molecule has 1 aromatic rings. The first-order valence-corrected chi connectivity index (χ1v) is 12.0. The molecule has 0 aromatic heterocycles. The van der Waals surface area contributed by atoms with Crippen molar-refractivity contribution >= 4 is 10.1 Å². The fourth-order valence-electron chi connectivity index (χ4n) is 2.81. The third-order valence-corrected chi connectivity index (χ3v) is 5.42. The van der Waals surface area contributed by atoms with Crippen molar-refractivity contribution in [2.24, 2.45) is 5.92 Å². The molecule has 5 nitrogen and oxygen atoms in total. The monoisotopic (exact) mass is 415 g/mol. The van der Waals surface area contributed by atoms with E-state index in [1.807, 2.05) is 14.1 Å². The molecule has 0 unspecified atom stereocenters. The molecule has 0 amide bonds. The van der Waals surface area contributed by atoms with Crippen LogP contribution < -0.4 is 4.90 Å². The second kappa shape index (κ2) is 15.9. The highest BCUT2D eigenvalue weighted by Crippen LogP contribution is 2.15. The summed E-state index contributed by atoms with van der Waals surface area (Å²) in [6, 6.07) is 6.31. The van der Waals surface area contributed by atoms with Gasteiger partial charge in [0.15, 0.2) is 0 Å². The van der Waals surface area contributed by atoms with Gasteiger partial charge in [-0.15, -0.1) is 0 Å². The molecular weight excluding hydrogens is 374 g/mol. The highest BCUT2D eigenvalue weighted by molar-refractivity contribution is 7.85. The number of aliphatic hydroxyl groups is 1. The second-order valence-electron chi connectivity index (χ2n) is 8.19. The van der Waals surface area contributed by atoms with Crippen LogP contribution in [0.4, 0.5) is 0 Å². The lowest BCUT2D eigenvalue weighted by molar-refractivity contribution is -0.858. The van der Waals surface area contributed by atoms with E-state index in [9.17, 15) is 13.0 Å². The van der Waals surface area contributed by atoms with Crippen LogP contribution in [-0.2, 0) is 16.5 Å². The molecular formula is C22H41NO4S. The lowest BCUT2D eigenvalue weighted by Gasteiger charge is -2.08. The van der Waals surface area contributed by atoms with Gasteiger partial charge in [0.05, 0.1) is 25.6 Å². The van der Waals surface area contributed by atoms with E-state index in [4.69, 9.17) is 5.11 Å². The van der Waals surface area contributed by atoms with Crippen LogP contribution in [0.25, 0.3) is 0 Å². The van der Waals surface area contributed by atoms with E-state index in [1.54, 1.807) is 12.1 Å². The zero-order valence-electron chi connectivity index (χ0n) is 18.2. The van der Waals surface area contributed by atoms with Crippen molar-refractivity contribution in [3.63, 3.8) is 0 Å². The minimum atomic E-state index is -4.32. The molecule has 0 radical (unpaired) electrons. The number of rotatable bonds is 13. The Kier molecular flexibility index (Phi) is 15.4. The Morgan fingerprint density at radius 3 is 1.82 bits per heavy atom. The van der Waals surface area contributed by atoms with E-state index < -0.39 is 10.1 Å². The van der Waals surface area contributed by atoms with Crippen molar-refractivity contribution in [1.29, 1.82) is 0 Å². The van der Waals surface area contributed by atoms with E-state index in [0.29, 0.717) is 6.61 Å². The van der Waals surface area contributed by atoms with Crippen LogP contribution in [0.1, 0.15) is 70.8 Å². The molecule has 1 rings (SSSR count). The summed E-state index contributed by atoms with van der Waals surface area (Å²) >= 11 is 0. The third-order valence-electron chi connectivity index (χ3n) is 4.57. The lowest BCUT2D eigenvalue weighted by Crippen LogP contribution is -3.06. The minimum absolute atomic E-state index is 0.141. The fraction of sp³-hybridized carbons (Fsp3) is 0.727. The first-order valence-electron chi connectivity index (χ1n) is 10.6. The van der Waals surface area contributed by atoms with Crippen LogP contribution in [0.3, 0.4) is 0 Å². The van der Waals surface area contributed by atoms with Gasteiger partial charge in [-0.25, -0.2) is 8.42 Å². The summed E-state index contributed by atoms with van der Waals surface area (Å²) in [5, 5.41) is 8.22. The maximum atomic E-state index is 10.8. The summed E-state index contributed by atoms with van der Waals surface area (Å²) in [6.45, 7) is 5.69. The van der Waals surface area contributed by atoms with E-state index in [0.717, 1.165) is 30.9 Å². The van der Waals surface area contributed by atoms with Gasteiger partial charge in [-0.05, 0) is 36.5 Å². The summed E-state index contributed by atoms with van der Waals surface area (Å²) < 4.78 is 32.5. The Hall–Kier alpha value is -0.950. The molecule has 28 heavy (non-hydrogen) atoms. The average Bonchev–Trinajstić information content (AvgIpc) is 2.60. The molecule has 0 saturated heterocycles. The van der Waals surface area contributed by atoms with Crippen molar-refractivity contribution in [2.75, 3.05) is 27.2 Å². The highest BCUT2D eigenvalue weighted by atomic mass is 32.2. The molecule has 2 N–H and O–H groups in total. The van der Waals surface area contributed by atoms with Gasteiger partial charge in [-0.3, -0.25) is 0 Å². The van der Waals surface area contributed by atoms with E-state index in [2.05, 4.69) is 13.8 Å². The van der Waals surface area contributed by atoms with Crippen molar-refractivity contribution in [3.8, 4) is 0 Å². The first kappa shape index (κ1) is 27.0.